The van der Waals surface area contributed by atoms with Crippen molar-refractivity contribution in [1.82, 2.24) is 14.1 Å². The Morgan fingerprint density at radius 3 is 2.86 bits per heavy atom. The standard InChI is InChI=1S/C13H18ClN3O2S2/c1-9-2-4-10(5-3-9)8-15-21(18,19)12-11(14)16-13-17(12)6-7-20-13/h6-7,9-10,15H,2-5,8H2,1H3. The molecule has 0 bridgehead atoms. The first-order valence-electron chi connectivity index (χ1n) is 7.08. The normalized spacial score (nSPS) is 23.7. The van der Waals surface area contributed by atoms with Gasteiger partial charge >= 0.3 is 0 Å². The topological polar surface area (TPSA) is 63.5 Å². The Kier molecular flexibility index (Phi) is 4.27. The van der Waals surface area contributed by atoms with E-state index in [0.717, 1.165) is 18.8 Å². The molecule has 2 aromatic rings. The van der Waals surface area contributed by atoms with Gasteiger partial charge in [-0.15, -0.1) is 11.3 Å². The monoisotopic (exact) mass is 347 g/mol. The van der Waals surface area contributed by atoms with E-state index in [2.05, 4.69) is 16.6 Å². The second kappa shape index (κ2) is 5.87. The van der Waals surface area contributed by atoms with E-state index >= 15 is 0 Å². The summed E-state index contributed by atoms with van der Waals surface area (Å²) < 4.78 is 29.2. The minimum Gasteiger partial charge on any atom is -0.279 e. The molecule has 0 atom stereocenters. The molecule has 116 valence electrons. The SMILES string of the molecule is CC1CCC(CNS(=O)(=O)c2c(Cl)nc3sccn23)CC1. The van der Waals surface area contributed by atoms with Gasteiger partial charge in [0.2, 0.25) is 0 Å². The first kappa shape index (κ1) is 15.3. The molecule has 0 spiro atoms. The number of aromatic nitrogens is 2. The zero-order valence-electron chi connectivity index (χ0n) is 11.8. The Bertz CT molecular complexity index is 730. The maximum absolute atomic E-state index is 12.5. The fraction of sp³-hybridized carbons (Fsp3) is 0.615. The van der Waals surface area contributed by atoms with Gasteiger partial charge in [-0.05, 0) is 24.7 Å². The summed E-state index contributed by atoms with van der Waals surface area (Å²) in [5, 5.41) is 1.87. The second-order valence-electron chi connectivity index (χ2n) is 5.74. The first-order chi connectivity index (χ1) is 9.97. The molecule has 1 aliphatic carbocycles. The molecule has 0 amide bonds. The zero-order chi connectivity index (χ0) is 15.0. The fourth-order valence-electron chi connectivity index (χ4n) is 2.81. The van der Waals surface area contributed by atoms with Crippen LogP contribution >= 0.6 is 22.9 Å². The molecule has 21 heavy (non-hydrogen) atoms. The number of nitrogens with one attached hydrogen (secondary N) is 1. The third-order valence-corrected chi connectivity index (χ3v) is 6.71. The quantitative estimate of drug-likeness (QED) is 0.924. The van der Waals surface area contributed by atoms with Gasteiger partial charge in [0.1, 0.15) is 0 Å². The van der Waals surface area contributed by atoms with Gasteiger partial charge in [-0.2, -0.15) is 0 Å². The lowest BCUT2D eigenvalue weighted by atomic mass is 9.83. The van der Waals surface area contributed by atoms with E-state index in [4.69, 9.17) is 11.6 Å². The third kappa shape index (κ3) is 3.11. The lowest BCUT2D eigenvalue weighted by Crippen LogP contribution is -2.31. The number of nitrogens with zero attached hydrogens (tertiary/aromatic N) is 2. The smallest absolute Gasteiger partial charge is 0.259 e. The molecule has 0 aliphatic heterocycles. The molecule has 0 radical (unpaired) electrons. The maximum atomic E-state index is 12.5. The Labute approximate surface area is 133 Å². The van der Waals surface area contributed by atoms with Crippen LogP contribution in [0.3, 0.4) is 0 Å². The van der Waals surface area contributed by atoms with E-state index in [1.807, 2.05) is 0 Å². The number of sulfonamides is 1. The summed E-state index contributed by atoms with van der Waals surface area (Å²) in [5.74, 6) is 1.17. The van der Waals surface area contributed by atoms with Crippen molar-refractivity contribution < 1.29 is 8.42 Å². The number of imidazole rings is 1. The van der Waals surface area contributed by atoms with Crippen molar-refractivity contribution >= 4 is 37.9 Å². The molecule has 0 unspecified atom stereocenters. The number of hydrogen-bond donors (Lipinski definition) is 1. The van der Waals surface area contributed by atoms with Gasteiger partial charge < -0.3 is 0 Å². The average molecular weight is 348 g/mol. The van der Waals surface area contributed by atoms with E-state index < -0.39 is 10.0 Å². The van der Waals surface area contributed by atoms with Crippen molar-refractivity contribution in [3.63, 3.8) is 0 Å². The predicted octanol–water partition coefficient (Wildman–Crippen LogP) is 3.15. The van der Waals surface area contributed by atoms with Crippen LogP contribution in [0.25, 0.3) is 4.96 Å². The predicted molar refractivity (Wildman–Crippen MR) is 84.4 cm³/mol. The summed E-state index contributed by atoms with van der Waals surface area (Å²) in [7, 11) is -3.63. The summed E-state index contributed by atoms with van der Waals surface area (Å²) in [6, 6.07) is 0. The molecule has 0 aromatic carbocycles. The minimum absolute atomic E-state index is 0.0339. The summed E-state index contributed by atoms with van der Waals surface area (Å²) in [6.45, 7) is 2.72. The molecule has 1 saturated carbocycles. The molecule has 1 N–H and O–H groups in total. The number of fused-ring (bicyclic) bond motifs is 1. The van der Waals surface area contributed by atoms with E-state index in [9.17, 15) is 8.42 Å². The summed E-state index contributed by atoms with van der Waals surface area (Å²) in [6.07, 6.45) is 6.19. The van der Waals surface area contributed by atoms with E-state index in [1.54, 1.807) is 11.6 Å². The van der Waals surface area contributed by atoms with Crippen molar-refractivity contribution in [1.29, 1.82) is 0 Å². The minimum atomic E-state index is -3.63. The summed E-state index contributed by atoms with van der Waals surface area (Å²) in [4.78, 5) is 4.66. The Balaban J connectivity index is 1.75. The number of halogens is 1. The van der Waals surface area contributed by atoms with Crippen molar-refractivity contribution in [3.8, 4) is 0 Å². The molecule has 1 fully saturated rings. The maximum Gasteiger partial charge on any atom is 0.259 e. The van der Waals surface area contributed by atoms with Crippen LogP contribution in [0.2, 0.25) is 5.15 Å². The van der Waals surface area contributed by atoms with Gasteiger partial charge in [-0.25, -0.2) is 18.1 Å². The highest BCUT2D eigenvalue weighted by Gasteiger charge is 2.26. The summed E-state index contributed by atoms with van der Waals surface area (Å²) in [5.41, 5.74) is 0. The number of rotatable bonds is 4. The second-order valence-corrected chi connectivity index (χ2v) is 8.65. The van der Waals surface area contributed by atoms with Crippen molar-refractivity contribution in [2.45, 2.75) is 37.6 Å². The Morgan fingerprint density at radius 2 is 2.14 bits per heavy atom. The van der Waals surface area contributed by atoms with Gasteiger partial charge in [0.25, 0.3) is 10.0 Å². The zero-order valence-corrected chi connectivity index (χ0v) is 14.1. The van der Waals surface area contributed by atoms with Crippen molar-refractivity contribution in [3.05, 3.63) is 16.7 Å². The van der Waals surface area contributed by atoms with Gasteiger partial charge in [0.15, 0.2) is 15.1 Å². The molecule has 5 nitrogen and oxygen atoms in total. The number of thiazole rings is 1. The van der Waals surface area contributed by atoms with Crippen LogP contribution in [0.15, 0.2) is 16.6 Å². The van der Waals surface area contributed by atoms with Crippen LogP contribution in [-0.2, 0) is 10.0 Å². The highest BCUT2D eigenvalue weighted by Crippen LogP contribution is 2.29. The van der Waals surface area contributed by atoms with Crippen LogP contribution in [0.1, 0.15) is 32.6 Å². The van der Waals surface area contributed by atoms with Gasteiger partial charge in [-0.1, -0.05) is 31.4 Å². The van der Waals surface area contributed by atoms with Crippen molar-refractivity contribution in [2.24, 2.45) is 11.8 Å². The number of hydrogen-bond acceptors (Lipinski definition) is 4. The van der Waals surface area contributed by atoms with Crippen LogP contribution in [0.5, 0.6) is 0 Å². The third-order valence-electron chi connectivity index (χ3n) is 4.13. The average Bonchev–Trinajstić information content (AvgIpc) is 2.97. The molecular weight excluding hydrogens is 330 g/mol. The van der Waals surface area contributed by atoms with Crippen LogP contribution in [-0.4, -0.2) is 24.3 Å². The van der Waals surface area contributed by atoms with Gasteiger partial charge in [0, 0.05) is 18.1 Å². The first-order valence-corrected chi connectivity index (χ1v) is 9.82. The molecular formula is C13H18ClN3O2S2. The fourth-order valence-corrected chi connectivity index (χ4v) is 5.37. The van der Waals surface area contributed by atoms with Crippen LogP contribution < -0.4 is 4.72 Å². The molecule has 1 aliphatic rings. The van der Waals surface area contributed by atoms with E-state index in [-0.39, 0.29) is 10.2 Å². The van der Waals surface area contributed by atoms with E-state index in [1.165, 1.54) is 28.6 Å². The highest BCUT2D eigenvalue weighted by atomic mass is 35.5. The molecule has 0 saturated heterocycles. The Morgan fingerprint density at radius 1 is 1.43 bits per heavy atom. The van der Waals surface area contributed by atoms with Gasteiger partial charge in [-0.3, -0.25) is 4.40 Å². The Hall–Kier alpha value is -0.630. The lowest BCUT2D eigenvalue weighted by Gasteiger charge is -2.26. The molecule has 2 heterocycles. The van der Waals surface area contributed by atoms with Crippen molar-refractivity contribution in [2.75, 3.05) is 6.54 Å². The van der Waals surface area contributed by atoms with E-state index in [0.29, 0.717) is 17.4 Å². The molecule has 8 heteroatoms. The van der Waals surface area contributed by atoms with Crippen LogP contribution in [0.4, 0.5) is 0 Å². The largest absolute Gasteiger partial charge is 0.279 e. The summed E-state index contributed by atoms with van der Waals surface area (Å²) >= 11 is 7.35. The molecule has 3 rings (SSSR count). The molecule has 2 aromatic heterocycles. The lowest BCUT2D eigenvalue weighted by molar-refractivity contribution is 0.290. The van der Waals surface area contributed by atoms with Crippen LogP contribution in [0, 0.1) is 11.8 Å². The van der Waals surface area contributed by atoms with Gasteiger partial charge in [0.05, 0.1) is 0 Å². The highest BCUT2D eigenvalue weighted by molar-refractivity contribution is 7.89.